The molecule has 0 amide bonds. The number of rotatable bonds is 0. The topological polar surface area (TPSA) is 130 Å². The number of allylic oxidation sites excluding steroid dienone is 1. The molecule has 3 aliphatic heterocycles. The van der Waals surface area contributed by atoms with Crippen LogP contribution in [0.1, 0.15) is 33.6 Å². The van der Waals surface area contributed by atoms with Crippen molar-refractivity contribution in [1.29, 1.82) is 0 Å². The SMILES string of the molecule is O=C1C=CC(=O)O1.O=C1OC(=O)C2CCC=CC12.O=C1OC(=O)c2ccccc21. The van der Waals surface area contributed by atoms with Gasteiger partial charge in [-0.3, -0.25) is 9.59 Å². The molecule has 0 bridgehead atoms. The third-order valence-corrected chi connectivity index (χ3v) is 4.31. The Kier molecular flexibility index (Phi) is 5.77. The zero-order valence-electron chi connectivity index (χ0n) is 14.9. The summed E-state index contributed by atoms with van der Waals surface area (Å²) >= 11 is 0. The lowest BCUT2D eigenvalue weighted by atomic mass is 9.86. The average molecular weight is 398 g/mol. The van der Waals surface area contributed by atoms with Gasteiger partial charge in [-0.05, 0) is 25.0 Å². The van der Waals surface area contributed by atoms with E-state index in [1.807, 2.05) is 6.08 Å². The van der Waals surface area contributed by atoms with Crippen LogP contribution in [0.3, 0.4) is 0 Å². The second-order valence-corrected chi connectivity index (χ2v) is 6.17. The number of hydrogen-bond donors (Lipinski definition) is 0. The molecule has 5 rings (SSSR count). The Labute approximate surface area is 163 Å². The van der Waals surface area contributed by atoms with Gasteiger partial charge in [-0.1, -0.05) is 24.3 Å². The number of fused-ring (bicyclic) bond motifs is 2. The Morgan fingerprint density at radius 1 is 0.724 bits per heavy atom. The minimum atomic E-state index is -0.579. The first-order chi connectivity index (χ1) is 13.9. The molecule has 4 aliphatic rings. The van der Waals surface area contributed by atoms with Gasteiger partial charge in [0.15, 0.2) is 0 Å². The molecule has 0 saturated carbocycles. The van der Waals surface area contributed by atoms with E-state index in [0.29, 0.717) is 11.1 Å². The van der Waals surface area contributed by atoms with Crippen molar-refractivity contribution in [3.63, 3.8) is 0 Å². The Morgan fingerprint density at radius 3 is 1.79 bits per heavy atom. The molecule has 0 spiro atoms. The van der Waals surface area contributed by atoms with Crippen molar-refractivity contribution in [1.82, 2.24) is 0 Å². The number of hydrogen-bond acceptors (Lipinski definition) is 9. The van der Waals surface area contributed by atoms with Gasteiger partial charge >= 0.3 is 35.8 Å². The second-order valence-electron chi connectivity index (χ2n) is 6.17. The van der Waals surface area contributed by atoms with Crippen molar-refractivity contribution in [2.24, 2.45) is 11.8 Å². The normalized spacial score (nSPS) is 23.2. The van der Waals surface area contributed by atoms with E-state index in [1.54, 1.807) is 30.3 Å². The molecule has 1 aromatic carbocycles. The molecule has 29 heavy (non-hydrogen) atoms. The van der Waals surface area contributed by atoms with Crippen molar-refractivity contribution in [2.75, 3.05) is 0 Å². The summed E-state index contributed by atoms with van der Waals surface area (Å²) in [6.07, 6.45) is 7.52. The van der Waals surface area contributed by atoms with E-state index in [4.69, 9.17) is 0 Å². The van der Waals surface area contributed by atoms with Crippen molar-refractivity contribution < 1.29 is 43.0 Å². The number of benzene rings is 1. The standard InChI is InChI=1S/C8H8O3.C8H4O3.C4H2O3/c2*9-7-5-3-1-2-4-6(5)8(10)11-7;5-3-1-2-4(6)7-3/h1,3,5-6H,2,4H2;1-4H;1-2H. The fourth-order valence-corrected chi connectivity index (χ4v) is 2.92. The summed E-state index contributed by atoms with van der Waals surface area (Å²) in [5.74, 6) is -3.45. The Morgan fingerprint density at radius 2 is 1.31 bits per heavy atom. The molecule has 9 heteroatoms. The maximum absolute atomic E-state index is 10.9. The van der Waals surface area contributed by atoms with E-state index < -0.39 is 23.9 Å². The van der Waals surface area contributed by atoms with Crippen LogP contribution in [0.2, 0.25) is 0 Å². The summed E-state index contributed by atoms with van der Waals surface area (Å²) in [5.41, 5.74) is 0.718. The minimum Gasteiger partial charge on any atom is -0.392 e. The fourth-order valence-electron chi connectivity index (χ4n) is 2.92. The van der Waals surface area contributed by atoms with Crippen LogP contribution in [-0.4, -0.2) is 35.8 Å². The summed E-state index contributed by atoms with van der Waals surface area (Å²) in [6, 6.07) is 6.53. The van der Waals surface area contributed by atoms with Gasteiger partial charge in [0, 0.05) is 12.2 Å². The van der Waals surface area contributed by atoms with E-state index in [9.17, 15) is 28.8 Å². The molecule has 0 aromatic heterocycles. The van der Waals surface area contributed by atoms with Crippen molar-refractivity contribution in [3.05, 3.63) is 59.7 Å². The van der Waals surface area contributed by atoms with Crippen LogP contribution in [0.4, 0.5) is 0 Å². The molecule has 1 saturated heterocycles. The molecule has 2 unspecified atom stereocenters. The number of cyclic esters (lactones) is 6. The maximum atomic E-state index is 10.9. The fraction of sp³-hybridized carbons (Fsp3) is 0.200. The smallest absolute Gasteiger partial charge is 0.346 e. The summed E-state index contributed by atoms with van der Waals surface area (Å²) in [4.78, 5) is 63.4. The van der Waals surface area contributed by atoms with Crippen LogP contribution >= 0.6 is 0 Å². The van der Waals surface area contributed by atoms with E-state index in [0.717, 1.165) is 25.0 Å². The van der Waals surface area contributed by atoms with Gasteiger partial charge in [-0.25, -0.2) is 19.2 Å². The van der Waals surface area contributed by atoms with Gasteiger partial charge in [0.2, 0.25) is 0 Å². The number of ether oxygens (including phenoxy) is 3. The van der Waals surface area contributed by atoms with E-state index in [2.05, 4.69) is 14.2 Å². The van der Waals surface area contributed by atoms with Gasteiger partial charge in [0.05, 0.1) is 23.0 Å². The van der Waals surface area contributed by atoms with Crippen LogP contribution in [0, 0.1) is 11.8 Å². The van der Waals surface area contributed by atoms with E-state index in [-0.39, 0.29) is 23.8 Å². The molecule has 9 nitrogen and oxygen atoms in total. The maximum Gasteiger partial charge on any atom is 0.346 e. The molecule has 1 aromatic rings. The van der Waals surface area contributed by atoms with Gasteiger partial charge < -0.3 is 14.2 Å². The van der Waals surface area contributed by atoms with Crippen LogP contribution in [-0.2, 0) is 33.4 Å². The molecule has 148 valence electrons. The van der Waals surface area contributed by atoms with Gasteiger partial charge in [-0.15, -0.1) is 0 Å². The first-order valence-electron chi connectivity index (χ1n) is 8.58. The van der Waals surface area contributed by atoms with Crippen molar-refractivity contribution in [3.8, 4) is 0 Å². The van der Waals surface area contributed by atoms with Crippen LogP contribution < -0.4 is 0 Å². The van der Waals surface area contributed by atoms with Crippen LogP contribution in [0.15, 0.2) is 48.6 Å². The van der Waals surface area contributed by atoms with Crippen LogP contribution in [0.25, 0.3) is 0 Å². The van der Waals surface area contributed by atoms with Gasteiger partial charge in [-0.2, -0.15) is 0 Å². The predicted octanol–water partition coefficient (Wildman–Crippen LogP) is 1.28. The number of carbonyl (C=O) groups excluding carboxylic acids is 6. The molecule has 0 radical (unpaired) electrons. The summed E-state index contributed by atoms with van der Waals surface area (Å²) in [6.45, 7) is 0. The lowest BCUT2D eigenvalue weighted by Crippen LogP contribution is -2.17. The third kappa shape index (κ3) is 4.52. The molecular formula is C20H14O9. The first-order valence-corrected chi connectivity index (χ1v) is 8.58. The summed E-state index contributed by atoms with van der Waals surface area (Å²) < 4.78 is 12.8. The van der Waals surface area contributed by atoms with Crippen molar-refractivity contribution in [2.45, 2.75) is 12.8 Å². The first kappa shape index (κ1) is 19.9. The molecule has 0 N–H and O–H groups in total. The predicted molar refractivity (Wildman–Crippen MR) is 92.9 cm³/mol. The van der Waals surface area contributed by atoms with Gasteiger partial charge in [0.25, 0.3) is 0 Å². The largest absolute Gasteiger partial charge is 0.392 e. The zero-order chi connectivity index (χ0) is 21.0. The van der Waals surface area contributed by atoms with Crippen LogP contribution in [0.5, 0.6) is 0 Å². The molecule has 2 atom stereocenters. The third-order valence-electron chi connectivity index (χ3n) is 4.31. The Balaban J connectivity index is 0.000000128. The molecule has 1 fully saturated rings. The second kappa shape index (κ2) is 8.42. The number of carbonyl (C=O) groups is 6. The van der Waals surface area contributed by atoms with E-state index >= 15 is 0 Å². The van der Waals surface area contributed by atoms with Gasteiger partial charge in [0.1, 0.15) is 0 Å². The zero-order valence-corrected chi connectivity index (χ0v) is 14.9. The Bertz CT molecular complexity index is 921. The lowest BCUT2D eigenvalue weighted by Gasteiger charge is -2.12. The highest BCUT2D eigenvalue weighted by atomic mass is 16.6. The highest BCUT2D eigenvalue weighted by Crippen LogP contribution is 2.32. The Hall–Kier alpha value is -3.88. The lowest BCUT2D eigenvalue weighted by molar-refractivity contribution is -0.154. The molecule has 3 heterocycles. The quantitative estimate of drug-likeness (QED) is 0.274. The van der Waals surface area contributed by atoms with E-state index in [1.165, 1.54) is 0 Å². The molecular weight excluding hydrogens is 384 g/mol. The highest BCUT2D eigenvalue weighted by Gasteiger charge is 2.43. The summed E-state index contributed by atoms with van der Waals surface area (Å²) in [5, 5.41) is 0. The highest BCUT2D eigenvalue weighted by molar-refractivity contribution is 6.14. The minimum absolute atomic E-state index is 0.188. The summed E-state index contributed by atoms with van der Waals surface area (Å²) in [7, 11) is 0. The van der Waals surface area contributed by atoms with Crippen molar-refractivity contribution >= 4 is 35.8 Å². The number of esters is 6. The monoisotopic (exact) mass is 398 g/mol. The molecule has 1 aliphatic carbocycles. The average Bonchev–Trinajstić information content (AvgIpc) is 3.33.